The highest BCUT2D eigenvalue weighted by atomic mass is 16.5. The van der Waals surface area contributed by atoms with Gasteiger partial charge in [-0.3, -0.25) is 19.1 Å². The molecule has 0 bridgehead atoms. The number of nitrogens with zero attached hydrogens (tertiary/aromatic N) is 2. The maximum absolute atomic E-state index is 12.0. The summed E-state index contributed by atoms with van der Waals surface area (Å²) in [6.45, 7) is 5.63. The van der Waals surface area contributed by atoms with Crippen molar-refractivity contribution in [2.45, 2.75) is 39.7 Å². The van der Waals surface area contributed by atoms with Crippen molar-refractivity contribution in [3.8, 4) is 0 Å². The lowest BCUT2D eigenvalue weighted by molar-refractivity contribution is -0.148. The number of carbonyl (C=O) groups excluding carboxylic acids is 1. The average molecular weight is 309 g/mol. The lowest BCUT2D eigenvalue weighted by atomic mass is 9.98. The maximum atomic E-state index is 12.0. The van der Waals surface area contributed by atoms with Crippen molar-refractivity contribution in [3.05, 3.63) is 26.9 Å². The van der Waals surface area contributed by atoms with Gasteiger partial charge in [-0.2, -0.15) is 0 Å². The van der Waals surface area contributed by atoms with Crippen LogP contribution in [0.15, 0.2) is 15.7 Å². The molecule has 7 nitrogen and oxygen atoms in total. The van der Waals surface area contributed by atoms with Gasteiger partial charge in [-0.05, 0) is 26.2 Å². The Morgan fingerprint density at radius 3 is 2.82 bits per heavy atom. The Hall–Kier alpha value is -2.05. The fourth-order valence-electron chi connectivity index (χ4n) is 2.76. The number of anilines is 1. The van der Waals surface area contributed by atoms with Crippen LogP contribution < -0.4 is 16.1 Å². The summed E-state index contributed by atoms with van der Waals surface area (Å²) in [5.74, 6) is 0.0560. The second-order valence-corrected chi connectivity index (χ2v) is 5.49. The number of nitrogens with one attached hydrogen (secondary N) is 1. The molecule has 0 spiro atoms. The molecule has 1 aromatic rings. The van der Waals surface area contributed by atoms with Gasteiger partial charge in [0.2, 0.25) is 0 Å². The van der Waals surface area contributed by atoms with Crippen LogP contribution in [0.25, 0.3) is 0 Å². The van der Waals surface area contributed by atoms with Crippen LogP contribution in [-0.2, 0) is 16.1 Å². The predicted octanol–water partition coefficient (Wildman–Crippen LogP) is 0.726. The first-order valence-corrected chi connectivity index (χ1v) is 7.82. The minimum absolute atomic E-state index is 0.213. The third-order valence-corrected chi connectivity index (χ3v) is 3.84. The molecule has 2 rings (SSSR count). The van der Waals surface area contributed by atoms with E-state index in [-0.39, 0.29) is 17.4 Å². The third-order valence-electron chi connectivity index (χ3n) is 3.84. The van der Waals surface area contributed by atoms with E-state index >= 15 is 0 Å². The van der Waals surface area contributed by atoms with Crippen LogP contribution in [0.4, 0.5) is 5.82 Å². The molecular formula is C15H23N3O4. The fourth-order valence-corrected chi connectivity index (χ4v) is 2.76. The zero-order valence-electron chi connectivity index (χ0n) is 13.1. The molecule has 1 aromatic heterocycles. The van der Waals surface area contributed by atoms with Gasteiger partial charge in [0.25, 0.3) is 5.56 Å². The number of esters is 1. The first kappa shape index (κ1) is 16.3. The minimum Gasteiger partial charge on any atom is -0.466 e. The van der Waals surface area contributed by atoms with E-state index in [9.17, 15) is 14.4 Å². The highest BCUT2D eigenvalue weighted by molar-refractivity contribution is 5.73. The quantitative estimate of drug-likeness (QED) is 0.810. The van der Waals surface area contributed by atoms with Crippen LogP contribution in [0, 0.1) is 5.92 Å². The fraction of sp³-hybridized carbons (Fsp3) is 0.667. The Morgan fingerprint density at radius 1 is 1.41 bits per heavy atom. The van der Waals surface area contributed by atoms with Crippen molar-refractivity contribution in [1.29, 1.82) is 0 Å². The van der Waals surface area contributed by atoms with E-state index in [2.05, 4.69) is 4.98 Å². The second-order valence-electron chi connectivity index (χ2n) is 5.49. The maximum Gasteiger partial charge on any atom is 0.329 e. The number of aromatic amines is 1. The highest BCUT2D eigenvalue weighted by Crippen LogP contribution is 2.21. The van der Waals surface area contributed by atoms with Gasteiger partial charge in [0.1, 0.15) is 5.82 Å². The lowest BCUT2D eigenvalue weighted by Crippen LogP contribution is -2.43. The lowest BCUT2D eigenvalue weighted by Gasteiger charge is -2.32. The van der Waals surface area contributed by atoms with Gasteiger partial charge in [0, 0.05) is 25.7 Å². The van der Waals surface area contributed by atoms with E-state index in [0.717, 1.165) is 19.3 Å². The van der Waals surface area contributed by atoms with Gasteiger partial charge in [0.15, 0.2) is 0 Å². The highest BCUT2D eigenvalue weighted by Gasteiger charge is 2.27. The molecule has 7 heteroatoms. The third kappa shape index (κ3) is 3.58. The van der Waals surface area contributed by atoms with Crippen LogP contribution in [0.3, 0.4) is 0 Å². The molecule has 122 valence electrons. The monoisotopic (exact) mass is 309 g/mol. The summed E-state index contributed by atoms with van der Waals surface area (Å²) in [6, 6.07) is 1.44. The summed E-state index contributed by atoms with van der Waals surface area (Å²) in [6.07, 6.45) is 2.31. The van der Waals surface area contributed by atoms with Crippen molar-refractivity contribution in [2.24, 2.45) is 5.92 Å². The zero-order valence-corrected chi connectivity index (χ0v) is 13.1. The molecule has 1 fully saturated rings. The number of H-pyrrole nitrogens is 1. The molecule has 1 N–H and O–H groups in total. The Morgan fingerprint density at radius 2 is 2.18 bits per heavy atom. The Balaban J connectivity index is 2.19. The Kier molecular flexibility index (Phi) is 5.41. The first-order valence-electron chi connectivity index (χ1n) is 7.82. The number of carbonyl (C=O) groups is 1. The summed E-state index contributed by atoms with van der Waals surface area (Å²) in [4.78, 5) is 40.5. The topological polar surface area (TPSA) is 84.4 Å². The van der Waals surface area contributed by atoms with Crippen LogP contribution in [0.5, 0.6) is 0 Å². The van der Waals surface area contributed by atoms with Crippen LogP contribution >= 0.6 is 0 Å². The van der Waals surface area contributed by atoms with Crippen molar-refractivity contribution in [1.82, 2.24) is 9.55 Å². The van der Waals surface area contributed by atoms with Crippen LogP contribution in [0.2, 0.25) is 0 Å². The SMILES string of the molecule is CCCn1c(=O)cc(N2CCCC(C(=O)OCC)C2)[nH]c1=O. The molecule has 2 heterocycles. The molecule has 1 aliphatic heterocycles. The van der Waals surface area contributed by atoms with E-state index in [1.165, 1.54) is 10.6 Å². The van der Waals surface area contributed by atoms with Crippen LogP contribution in [0.1, 0.15) is 33.1 Å². The number of aromatic nitrogens is 2. The second kappa shape index (κ2) is 7.29. The molecule has 1 saturated heterocycles. The van der Waals surface area contributed by atoms with E-state index in [4.69, 9.17) is 4.74 Å². The average Bonchev–Trinajstić information content (AvgIpc) is 2.51. The van der Waals surface area contributed by atoms with Gasteiger partial charge in [-0.1, -0.05) is 6.92 Å². The normalized spacial score (nSPS) is 18.3. The van der Waals surface area contributed by atoms with Gasteiger partial charge in [-0.25, -0.2) is 4.79 Å². The van der Waals surface area contributed by atoms with Gasteiger partial charge >= 0.3 is 11.7 Å². The molecule has 1 aliphatic rings. The van der Waals surface area contributed by atoms with E-state index in [0.29, 0.717) is 32.1 Å². The standard InChI is InChI=1S/C15H23N3O4/c1-3-7-18-13(19)9-12(16-15(18)21)17-8-5-6-11(10-17)14(20)22-4-2/h9,11H,3-8,10H2,1-2H3,(H,16,21). The molecule has 0 radical (unpaired) electrons. The summed E-state index contributed by atoms with van der Waals surface area (Å²) >= 11 is 0. The molecular weight excluding hydrogens is 286 g/mol. The molecule has 0 aliphatic carbocycles. The molecule has 1 atom stereocenters. The van der Waals surface area contributed by atoms with Crippen molar-refractivity contribution in [2.75, 3.05) is 24.6 Å². The van der Waals surface area contributed by atoms with Crippen molar-refractivity contribution in [3.63, 3.8) is 0 Å². The van der Waals surface area contributed by atoms with Gasteiger partial charge in [-0.15, -0.1) is 0 Å². The number of hydrogen-bond acceptors (Lipinski definition) is 5. The number of rotatable bonds is 5. The molecule has 0 saturated carbocycles. The largest absolute Gasteiger partial charge is 0.466 e. The zero-order chi connectivity index (χ0) is 16.1. The van der Waals surface area contributed by atoms with Gasteiger partial charge < -0.3 is 9.64 Å². The minimum atomic E-state index is -0.400. The van der Waals surface area contributed by atoms with Crippen molar-refractivity contribution < 1.29 is 9.53 Å². The van der Waals surface area contributed by atoms with Gasteiger partial charge in [0.05, 0.1) is 12.5 Å². The van der Waals surface area contributed by atoms with E-state index in [1.807, 2.05) is 11.8 Å². The summed E-state index contributed by atoms with van der Waals surface area (Å²) in [5.41, 5.74) is -0.707. The summed E-state index contributed by atoms with van der Waals surface area (Å²) in [7, 11) is 0. The van der Waals surface area contributed by atoms with E-state index in [1.54, 1.807) is 6.92 Å². The smallest absolute Gasteiger partial charge is 0.329 e. The number of ether oxygens (including phenoxy) is 1. The number of piperidine rings is 1. The molecule has 22 heavy (non-hydrogen) atoms. The molecule has 1 unspecified atom stereocenters. The Bertz CT molecular complexity index is 603. The molecule has 0 aromatic carbocycles. The summed E-state index contributed by atoms with van der Waals surface area (Å²) < 4.78 is 6.25. The van der Waals surface area contributed by atoms with Crippen molar-refractivity contribution >= 4 is 11.8 Å². The number of hydrogen-bond donors (Lipinski definition) is 1. The molecule has 0 amide bonds. The van der Waals surface area contributed by atoms with E-state index < -0.39 is 5.69 Å². The Labute approximate surface area is 128 Å². The first-order chi connectivity index (χ1) is 10.6. The summed E-state index contributed by atoms with van der Waals surface area (Å²) in [5, 5.41) is 0. The van der Waals surface area contributed by atoms with Crippen LogP contribution in [-0.4, -0.2) is 35.2 Å². The predicted molar refractivity (Wildman–Crippen MR) is 83.2 cm³/mol.